The molecule has 0 bridgehead atoms. The van der Waals surface area contributed by atoms with Gasteiger partial charge in [0.2, 0.25) is 0 Å². The molecule has 22 heavy (non-hydrogen) atoms. The molecule has 0 aliphatic rings. The molecule has 0 aromatic heterocycles. The molecule has 128 valence electrons. The molecule has 0 radical (unpaired) electrons. The Balaban J connectivity index is 0.00000211. The maximum Gasteiger partial charge on any atom is 0.416 e. The third kappa shape index (κ3) is 6.71. The average Bonchev–Trinajstić information content (AvgIpc) is 2.39. The Kier molecular flexibility index (Phi) is 7.98. The van der Waals surface area contributed by atoms with Gasteiger partial charge < -0.3 is 0 Å². The quantitative estimate of drug-likeness (QED) is 0.538. The minimum atomic E-state index is -4.77. The molecule has 6 heteroatoms. The zero-order valence-electron chi connectivity index (χ0n) is 13.2. The largest absolute Gasteiger partial charge is 0.416 e. The highest BCUT2D eigenvalue weighted by Gasteiger charge is 2.36. The van der Waals surface area contributed by atoms with Gasteiger partial charge in [-0.3, -0.25) is 0 Å². The summed E-state index contributed by atoms with van der Waals surface area (Å²) in [5.74, 6) is 0.0459. The van der Waals surface area contributed by atoms with Gasteiger partial charge in [0.15, 0.2) is 0 Å². The minimum absolute atomic E-state index is 0.0459. The van der Waals surface area contributed by atoms with E-state index in [0.717, 1.165) is 25.0 Å². The molecule has 0 saturated heterocycles. The first-order chi connectivity index (χ1) is 10.0. The van der Waals surface area contributed by atoms with Crippen LogP contribution in [0.3, 0.4) is 0 Å². The van der Waals surface area contributed by atoms with E-state index in [-0.39, 0.29) is 24.0 Å². The summed E-state index contributed by atoms with van der Waals surface area (Å²) < 4.78 is 75.9. The van der Waals surface area contributed by atoms with E-state index in [1.54, 1.807) is 0 Å². The fourth-order valence-electron chi connectivity index (χ4n) is 2.13. The van der Waals surface area contributed by atoms with Crippen LogP contribution < -0.4 is 0 Å². The van der Waals surface area contributed by atoms with E-state index in [2.05, 4.69) is 0 Å². The fraction of sp³-hybridized carbons (Fsp3) is 0.625. The molecule has 0 aliphatic carbocycles. The van der Waals surface area contributed by atoms with Crippen LogP contribution in [0.1, 0.15) is 57.2 Å². The first-order valence-electron chi connectivity index (χ1n) is 7.32. The number of hydrogen-bond donors (Lipinski definition) is 0. The molecule has 1 rings (SSSR count). The molecule has 0 amide bonds. The predicted molar refractivity (Wildman–Crippen MR) is 75.6 cm³/mol. The number of benzene rings is 1. The van der Waals surface area contributed by atoms with Crippen molar-refractivity contribution >= 4 is 0 Å². The summed E-state index contributed by atoms with van der Waals surface area (Å²) in [5.41, 5.74) is -2.41. The smallest absolute Gasteiger partial charge is 0.166 e. The van der Waals surface area contributed by atoms with Crippen molar-refractivity contribution in [3.05, 3.63) is 34.9 Å². The highest BCUT2D eigenvalue weighted by atomic mass is 19.4. The van der Waals surface area contributed by atoms with Crippen LogP contribution >= 0.6 is 0 Å². The van der Waals surface area contributed by atoms with E-state index in [9.17, 15) is 26.3 Å². The van der Waals surface area contributed by atoms with Gasteiger partial charge in [-0.15, -0.1) is 0 Å². The summed E-state index contributed by atoms with van der Waals surface area (Å²) in [4.78, 5) is 0. The molecule has 0 fully saturated rings. The molecule has 1 aromatic rings. The molecule has 0 spiro atoms. The van der Waals surface area contributed by atoms with Crippen molar-refractivity contribution < 1.29 is 26.3 Å². The summed E-state index contributed by atoms with van der Waals surface area (Å²) in [5, 5.41) is 0. The van der Waals surface area contributed by atoms with Crippen LogP contribution in [0.4, 0.5) is 26.3 Å². The lowest BCUT2D eigenvalue weighted by atomic mass is 9.94. The Morgan fingerprint density at radius 2 is 1.27 bits per heavy atom. The second-order valence-corrected chi connectivity index (χ2v) is 5.01. The summed E-state index contributed by atoms with van der Waals surface area (Å²) in [6, 6.07) is 1.77. The highest BCUT2D eigenvalue weighted by Crippen LogP contribution is 2.36. The van der Waals surface area contributed by atoms with Crippen LogP contribution in [0, 0.1) is 5.92 Å². The number of hydrogen-bond acceptors (Lipinski definition) is 0. The molecule has 1 atom stereocenters. The Bertz CT molecular complexity index is 413. The normalized spacial score (nSPS) is 13.4. The van der Waals surface area contributed by atoms with E-state index >= 15 is 0 Å². The summed E-state index contributed by atoms with van der Waals surface area (Å²) in [7, 11) is 0. The SMILES string of the molecule is CC.CCCC(C)Cc1cc(C(F)(F)F)cc(C(F)(F)F)c1. The topological polar surface area (TPSA) is 0 Å². The van der Waals surface area contributed by atoms with Crippen LogP contribution in [-0.2, 0) is 18.8 Å². The van der Waals surface area contributed by atoms with E-state index in [1.807, 2.05) is 27.7 Å². The standard InChI is InChI=1S/C14H16F6.C2H6/c1-3-4-9(2)5-10-6-11(13(15,16)17)8-12(7-10)14(18,19)20;1-2/h6-9H,3-5H2,1-2H3;1-2H3. The van der Waals surface area contributed by atoms with Gasteiger partial charge in [0.1, 0.15) is 0 Å². The molecule has 0 aliphatic heterocycles. The predicted octanol–water partition coefficient (Wildman–Crippen LogP) is 6.73. The summed E-state index contributed by atoms with van der Waals surface area (Å²) in [6.07, 6.45) is -7.74. The van der Waals surface area contributed by atoms with Crippen LogP contribution in [0.5, 0.6) is 0 Å². The third-order valence-electron chi connectivity index (χ3n) is 3.01. The van der Waals surface area contributed by atoms with Crippen LogP contribution in [0.15, 0.2) is 18.2 Å². The van der Waals surface area contributed by atoms with Crippen LogP contribution in [-0.4, -0.2) is 0 Å². The maximum absolute atomic E-state index is 12.7. The molecule has 0 nitrogen and oxygen atoms in total. The van der Waals surface area contributed by atoms with Crippen molar-refractivity contribution in [2.45, 2.75) is 59.3 Å². The van der Waals surface area contributed by atoms with Gasteiger partial charge in [0, 0.05) is 0 Å². The Hall–Kier alpha value is -1.20. The van der Waals surface area contributed by atoms with Crippen LogP contribution in [0.25, 0.3) is 0 Å². The average molecular weight is 328 g/mol. The molecule has 0 heterocycles. The molecular weight excluding hydrogens is 306 g/mol. The molecule has 0 N–H and O–H groups in total. The van der Waals surface area contributed by atoms with Crippen molar-refractivity contribution in [2.75, 3.05) is 0 Å². The molecule has 0 saturated carbocycles. The van der Waals surface area contributed by atoms with Crippen molar-refractivity contribution in [3.63, 3.8) is 0 Å². The van der Waals surface area contributed by atoms with Crippen molar-refractivity contribution in [2.24, 2.45) is 5.92 Å². The Morgan fingerprint density at radius 1 is 0.864 bits per heavy atom. The van der Waals surface area contributed by atoms with E-state index in [0.29, 0.717) is 0 Å². The lowest BCUT2D eigenvalue weighted by Crippen LogP contribution is -2.12. The van der Waals surface area contributed by atoms with Gasteiger partial charge in [0.25, 0.3) is 0 Å². The van der Waals surface area contributed by atoms with E-state index in [4.69, 9.17) is 0 Å². The number of alkyl halides is 6. The van der Waals surface area contributed by atoms with Crippen molar-refractivity contribution in [1.82, 2.24) is 0 Å². The van der Waals surface area contributed by atoms with Crippen molar-refractivity contribution in [3.8, 4) is 0 Å². The molecule has 1 aromatic carbocycles. The third-order valence-corrected chi connectivity index (χ3v) is 3.01. The fourth-order valence-corrected chi connectivity index (χ4v) is 2.13. The summed E-state index contributed by atoms with van der Waals surface area (Å²) in [6.45, 7) is 7.74. The molecular formula is C16H22F6. The molecule has 1 unspecified atom stereocenters. The van der Waals surface area contributed by atoms with Gasteiger partial charge in [0.05, 0.1) is 11.1 Å². The van der Waals surface area contributed by atoms with Gasteiger partial charge in [-0.1, -0.05) is 40.5 Å². The Labute approximate surface area is 127 Å². The van der Waals surface area contributed by atoms with E-state index < -0.39 is 23.5 Å². The van der Waals surface area contributed by atoms with Crippen molar-refractivity contribution in [1.29, 1.82) is 0 Å². The number of rotatable bonds is 4. The van der Waals surface area contributed by atoms with Gasteiger partial charge in [-0.25, -0.2) is 0 Å². The summed E-state index contributed by atoms with van der Waals surface area (Å²) >= 11 is 0. The maximum atomic E-state index is 12.7. The first-order valence-corrected chi connectivity index (χ1v) is 7.32. The zero-order valence-corrected chi connectivity index (χ0v) is 13.2. The second-order valence-electron chi connectivity index (χ2n) is 5.01. The second kappa shape index (κ2) is 8.44. The lowest BCUT2D eigenvalue weighted by Gasteiger charge is -2.16. The number of halogens is 6. The zero-order chi connectivity index (χ0) is 17.6. The minimum Gasteiger partial charge on any atom is -0.166 e. The van der Waals surface area contributed by atoms with Gasteiger partial charge >= 0.3 is 12.4 Å². The highest BCUT2D eigenvalue weighted by molar-refractivity contribution is 5.33. The first kappa shape index (κ1) is 20.8. The van der Waals surface area contributed by atoms with Crippen LogP contribution in [0.2, 0.25) is 0 Å². The lowest BCUT2D eigenvalue weighted by molar-refractivity contribution is -0.143. The van der Waals surface area contributed by atoms with Gasteiger partial charge in [-0.2, -0.15) is 26.3 Å². The van der Waals surface area contributed by atoms with Gasteiger partial charge in [-0.05, 0) is 36.1 Å². The monoisotopic (exact) mass is 328 g/mol. The Morgan fingerprint density at radius 3 is 1.59 bits per heavy atom. The van der Waals surface area contributed by atoms with E-state index in [1.165, 1.54) is 0 Å².